The molecule has 0 saturated carbocycles. The molecule has 1 fully saturated rings. The van der Waals surface area contributed by atoms with E-state index in [2.05, 4.69) is 24.7 Å². The van der Waals surface area contributed by atoms with Crippen molar-refractivity contribution in [2.45, 2.75) is 26.4 Å². The monoisotopic (exact) mass is 445 g/mol. The molecule has 3 aromatic heterocycles. The topological polar surface area (TPSA) is 101 Å². The highest BCUT2D eigenvalue weighted by atomic mass is 19.4. The van der Waals surface area contributed by atoms with Gasteiger partial charge in [0.15, 0.2) is 5.82 Å². The quantitative estimate of drug-likeness (QED) is 0.618. The van der Waals surface area contributed by atoms with Crippen molar-refractivity contribution in [2.75, 3.05) is 13.1 Å². The van der Waals surface area contributed by atoms with E-state index in [-0.39, 0.29) is 17.0 Å². The number of nitrogens with zero attached hydrogens (tertiary/aromatic N) is 4. The Labute approximate surface area is 180 Å². The molecule has 1 amide bonds. The van der Waals surface area contributed by atoms with E-state index in [4.69, 9.17) is 0 Å². The lowest BCUT2D eigenvalue weighted by Gasteiger charge is -2.30. The number of ether oxygens (including phenoxy) is 1. The Morgan fingerprint density at radius 3 is 2.50 bits per heavy atom. The number of aryl methyl sites for hydroxylation is 2. The Bertz CT molecular complexity index is 1180. The molecule has 0 radical (unpaired) electrons. The smallest absolute Gasteiger partial charge is 0.400 e. The summed E-state index contributed by atoms with van der Waals surface area (Å²) in [4.78, 5) is 41.2. The molecule has 4 heterocycles. The van der Waals surface area contributed by atoms with Gasteiger partial charge in [0.2, 0.25) is 5.88 Å². The SMILES string of the molecule is Cc1nc(-c2cc(-c3cc(C(=O)N4CCC4)cnc3OC(=O)C(F)(F)F)ccn2)[nH]c1C. The number of aromatic amines is 1. The Hall–Kier alpha value is -3.76. The molecular formula is C21H18F3N5O3. The van der Waals surface area contributed by atoms with Gasteiger partial charge in [-0.2, -0.15) is 13.2 Å². The number of hydrogen-bond donors (Lipinski definition) is 1. The van der Waals surface area contributed by atoms with E-state index in [0.29, 0.717) is 30.2 Å². The van der Waals surface area contributed by atoms with Crippen molar-refractivity contribution in [3.63, 3.8) is 0 Å². The van der Waals surface area contributed by atoms with Crippen molar-refractivity contribution >= 4 is 11.9 Å². The number of nitrogens with one attached hydrogen (secondary N) is 1. The highest BCUT2D eigenvalue weighted by Gasteiger charge is 2.42. The fraction of sp³-hybridized carbons (Fsp3) is 0.286. The molecule has 1 N–H and O–H groups in total. The first-order chi connectivity index (χ1) is 15.1. The van der Waals surface area contributed by atoms with Crippen LogP contribution in [-0.4, -0.2) is 56.0 Å². The Morgan fingerprint density at radius 2 is 1.91 bits per heavy atom. The van der Waals surface area contributed by atoms with Crippen LogP contribution in [0.2, 0.25) is 0 Å². The Balaban J connectivity index is 1.78. The van der Waals surface area contributed by atoms with Gasteiger partial charge in [-0.15, -0.1) is 0 Å². The second-order valence-electron chi connectivity index (χ2n) is 7.34. The molecule has 1 aliphatic rings. The summed E-state index contributed by atoms with van der Waals surface area (Å²) in [7, 11) is 0. The molecule has 0 aromatic carbocycles. The average molecular weight is 445 g/mol. The van der Waals surface area contributed by atoms with Crippen LogP contribution in [0.4, 0.5) is 13.2 Å². The highest BCUT2D eigenvalue weighted by Crippen LogP contribution is 2.33. The van der Waals surface area contributed by atoms with Crippen LogP contribution in [-0.2, 0) is 4.79 Å². The molecule has 4 rings (SSSR count). The van der Waals surface area contributed by atoms with Crippen LogP contribution in [0.3, 0.4) is 0 Å². The van der Waals surface area contributed by atoms with E-state index in [1.165, 1.54) is 18.3 Å². The van der Waals surface area contributed by atoms with Crippen molar-refractivity contribution in [3.05, 3.63) is 47.5 Å². The molecular weight excluding hydrogens is 427 g/mol. The van der Waals surface area contributed by atoms with E-state index in [9.17, 15) is 22.8 Å². The maximum Gasteiger partial charge on any atom is 0.491 e. The molecule has 8 nitrogen and oxygen atoms in total. The Morgan fingerprint density at radius 1 is 1.16 bits per heavy atom. The van der Waals surface area contributed by atoms with Gasteiger partial charge in [0.1, 0.15) is 5.69 Å². The van der Waals surface area contributed by atoms with Crippen molar-refractivity contribution in [1.29, 1.82) is 0 Å². The fourth-order valence-electron chi connectivity index (χ4n) is 3.10. The van der Waals surface area contributed by atoms with Gasteiger partial charge in [-0.1, -0.05) is 0 Å². The van der Waals surface area contributed by atoms with Crippen LogP contribution >= 0.6 is 0 Å². The molecule has 1 saturated heterocycles. The molecule has 166 valence electrons. The third-order valence-corrected chi connectivity index (χ3v) is 5.10. The van der Waals surface area contributed by atoms with Gasteiger partial charge >= 0.3 is 12.1 Å². The summed E-state index contributed by atoms with van der Waals surface area (Å²) in [6, 6.07) is 4.45. The molecule has 1 aliphatic heterocycles. The van der Waals surface area contributed by atoms with Crippen molar-refractivity contribution in [1.82, 2.24) is 24.8 Å². The molecule has 3 aromatic rings. The number of esters is 1. The van der Waals surface area contributed by atoms with E-state index in [1.807, 2.05) is 13.8 Å². The summed E-state index contributed by atoms with van der Waals surface area (Å²) in [6.45, 7) is 4.85. The van der Waals surface area contributed by atoms with Crippen molar-refractivity contribution < 1.29 is 27.5 Å². The van der Waals surface area contributed by atoms with Gasteiger partial charge in [-0.3, -0.25) is 9.78 Å². The average Bonchev–Trinajstić information content (AvgIpc) is 3.05. The normalized spacial score (nSPS) is 13.6. The number of H-pyrrole nitrogens is 1. The summed E-state index contributed by atoms with van der Waals surface area (Å²) in [6.07, 6.45) is -1.78. The predicted molar refractivity (Wildman–Crippen MR) is 107 cm³/mol. The number of amides is 1. The van der Waals surface area contributed by atoms with Crippen LogP contribution < -0.4 is 4.74 Å². The van der Waals surface area contributed by atoms with Gasteiger partial charge in [-0.25, -0.2) is 14.8 Å². The summed E-state index contributed by atoms with van der Waals surface area (Å²) in [5.74, 6) is -2.79. The summed E-state index contributed by atoms with van der Waals surface area (Å²) in [5, 5.41) is 0. The van der Waals surface area contributed by atoms with Crippen LogP contribution in [0.25, 0.3) is 22.6 Å². The first-order valence-corrected chi connectivity index (χ1v) is 9.72. The largest absolute Gasteiger partial charge is 0.491 e. The molecule has 0 bridgehead atoms. The summed E-state index contributed by atoms with van der Waals surface area (Å²) in [5.41, 5.74) is 2.63. The van der Waals surface area contributed by atoms with E-state index in [1.54, 1.807) is 11.0 Å². The van der Waals surface area contributed by atoms with Crippen LogP contribution in [0.5, 0.6) is 5.88 Å². The molecule has 0 spiro atoms. The van der Waals surface area contributed by atoms with E-state index < -0.39 is 18.0 Å². The number of aromatic nitrogens is 4. The number of carbonyl (C=O) groups is 2. The fourth-order valence-corrected chi connectivity index (χ4v) is 3.10. The third-order valence-electron chi connectivity index (χ3n) is 5.10. The van der Waals surface area contributed by atoms with Gasteiger partial charge in [0.05, 0.1) is 11.3 Å². The number of rotatable bonds is 4. The third kappa shape index (κ3) is 4.18. The molecule has 0 atom stereocenters. The zero-order chi connectivity index (χ0) is 23.0. The minimum atomic E-state index is -5.20. The number of carbonyl (C=O) groups excluding carboxylic acids is 2. The minimum absolute atomic E-state index is 0.0534. The zero-order valence-electron chi connectivity index (χ0n) is 17.2. The number of alkyl halides is 3. The first-order valence-electron chi connectivity index (χ1n) is 9.72. The van der Waals surface area contributed by atoms with Crippen molar-refractivity contribution in [3.8, 4) is 28.5 Å². The number of hydrogen-bond acceptors (Lipinski definition) is 6. The minimum Gasteiger partial charge on any atom is -0.400 e. The lowest BCUT2D eigenvalue weighted by atomic mass is 10.0. The molecule has 32 heavy (non-hydrogen) atoms. The zero-order valence-corrected chi connectivity index (χ0v) is 17.2. The number of likely N-dealkylation sites (tertiary alicyclic amines) is 1. The van der Waals surface area contributed by atoms with Crippen molar-refractivity contribution in [2.24, 2.45) is 0 Å². The number of pyridine rings is 2. The second kappa shape index (κ2) is 8.06. The molecule has 0 unspecified atom stereocenters. The van der Waals surface area contributed by atoms with E-state index in [0.717, 1.165) is 24.0 Å². The lowest BCUT2D eigenvalue weighted by Crippen LogP contribution is -2.42. The van der Waals surface area contributed by atoms with Crippen LogP contribution in [0.1, 0.15) is 28.2 Å². The van der Waals surface area contributed by atoms with Gasteiger partial charge in [0.25, 0.3) is 5.91 Å². The van der Waals surface area contributed by atoms with Gasteiger partial charge in [-0.05, 0) is 44.0 Å². The highest BCUT2D eigenvalue weighted by molar-refractivity contribution is 5.96. The van der Waals surface area contributed by atoms with Gasteiger partial charge in [0, 0.05) is 36.7 Å². The lowest BCUT2D eigenvalue weighted by molar-refractivity contribution is -0.189. The Kier molecular flexibility index (Phi) is 5.41. The van der Waals surface area contributed by atoms with Gasteiger partial charge < -0.3 is 14.6 Å². The van der Waals surface area contributed by atoms with Crippen LogP contribution in [0.15, 0.2) is 30.6 Å². The van der Waals surface area contributed by atoms with Crippen LogP contribution in [0, 0.1) is 13.8 Å². The first kappa shape index (κ1) is 21.5. The standard InChI is InChI=1S/C21H18F3N5O3/c1-11-12(2)28-17(27-11)16-9-13(4-5-25-16)15-8-14(19(30)29-6-3-7-29)10-26-18(15)32-20(31)21(22,23)24/h4-5,8-10H,3,6-7H2,1-2H3,(H,27,28). The summed E-state index contributed by atoms with van der Waals surface area (Å²) < 4.78 is 42.9. The predicted octanol–water partition coefficient (Wildman–Crippen LogP) is 3.46. The summed E-state index contributed by atoms with van der Waals surface area (Å²) >= 11 is 0. The number of halogens is 3. The maximum atomic E-state index is 12.8. The second-order valence-corrected chi connectivity index (χ2v) is 7.34. The number of imidazole rings is 1. The molecule has 11 heteroatoms. The molecule has 0 aliphatic carbocycles. The maximum absolute atomic E-state index is 12.8. The van der Waals surface area contributed by atoms with E-state index >= 15 is 0 Å².